The van der Waals surface area contributed by atoms with Gasteiger partial charge in [0.1, 0.15) is 5.75 Å². The number of allylic oxidation sites excluding steroid dienone is 1. The van der Waals surface area contributed by atoms with Crippen molar-refractivity contribution in [1.82, 2.24) is 10.2 Å². The molecular weight excluding hydrogens is 343 g/mol. The van der Waals surface area contributed by atoms with Crippen LogP contribution in [0.2, 0.25) is 0 Å². The lowest BCUT2D eigenvalue weighted by molar-refractivity contribution is 0.167. The number of phenols is 1. The first-order valence-corrected chi connectivity index (χ1v) is 8.07. The van der Waals surface area contributed by atoms with Crippen molar-refractivity contribution in [2.75, 3.05) is 26.2 Å². The van der Waals surface area contributed by atoms with Crippen LogP contribution in [0.3, 0.4) is 0 Å². The topological polar surface area (TPSA) is 35.5 Å². The van der Waals surface area contributed by atoms with E-state index in [-0.39, 0.29) is 24.8 Å². The highest BCUT2D eigenvalue weighted by atomic mass is 35.5. The van der Waals surface area contributed by atoms with Gasteiger partial charge in [0.05, 0.1) is 0 Å². The molecule has 0 aliphatic carbocycles. The molecule has 2 N–H and O–H groups in total. The molecule has 1 aliphatic heterocycles. The Hall–Kier alpha value is -1.26. The minimum absolute atomic E-state index is 0. The molecule has 2 aromatic rings. The summed E-state index contributed by atoms with van der Waals surface area (Å²) < 4.78 is 0. The van der Waals surface area contributed by atoms with E-state index in [1.807, 2.05) is 30.3 Å². The van der Waals surface area contributed by atoms with E-state index in [4.69, 9.17) is 0 Å². The Bertz CT molecular complexity index is 657. The second kappa shape index (κ2) is 9.90. The van der Waals surface area contributed by atoms with Gasteiger partial charge in [-0.05, 0) is 29.9 Å². The molecule has 132 valence electrons. The maximum absolute atomic E-state index is 10.1. The van der Waals surface area contributed by atoms with Crippen molar-refractivity contribution < 1.29 is 5.11 Å². The third kappa shape index (κ3) is 4.42. The lowest BCUT2D eigenvalue weighted by atomic mass is 9.93. The van der Waals surface area contributed by atoms with Gasteiger partial charge in [-0.2, -0.15) is 0 Å². The Labute approximate surface area is 156 Å². The molecule has 1 atom stereocenters. The van der Waals surface area contributed by atoms with Crippen molar-refractivity contribution in [3.8, 4) is 5.75 Å². The molecule has 0 radical (unpaired) electrons. The second-order valence-corrected chi connectivity index (χ2v) is 5.89. The van der Waals surface area contributed by atoms with Crippen molar-refractivity contribution in [1.29, 1.82) is 0 Å². The predicted molar refractivity (Wildman–Crippen MR) is 107 cm³/mol. The van der Waals surface area contributed by atoms with Crippen molar-refractivity contribution >= 4 is 35.6 Å². The van der Waals surface area contributed by atoms with Crippen LogP contribution in [0, 0.1) is 0 Å². The SMILES string of the molecule is C=CCC[C@@H](c1ccc(O)c2ccccc12)N1CCNCC1.Cl.Cl. The number of nitrogens with one attached hydrogen (secondary N) is 1. The van der Waals surface area contributed by atoms with Gasteiger partial charge in [-0.25, -0.2) is 0 Å². The molecule has 1 fully saturated rings. The molecule has 3 nitrogen and oxygen atoms in total. The third-order valence-corrected chi connectivity index (χ3v) is 4.53. The van der Waals surface area contributed by atoms with E-state index in [1.165, 1.54) is 5.56 Å². The largest absolute Gasteiger partial charge is 0.507 e. The third-order valence-electron chi connectivity index (χ3n) is 4.53. The van der Waals surface area contributed by atoms with Crippen LogP contribution < -0.4 is 5.32 Å². The lowest BCUT2D eigenvalue weighted by Crippen LogP contribution is -2.45. The number of fused-ring (bicyclic) bond motifs is 1. The highest BCUT2D eigenvalue weighted by molar-refractivity contribution is 5.91. The summed E-state index contributed by atoms with van der Waals surface area (Å²) in [6, 6.07) is 12.5. The Morgan fingerprint density at radius 1 is 1.08 bits per heavy atom. The number of hydrogen-bond donors (Lipinski definition) is 2. The normalized spacial score (nSPS) is 16.0. The molecule has 0 saturated carbocycles. The van der Waals surface area contributed by atoms with Crippen molar-refractivity contribution in [3.05, 3.63) is 54.6 Å². The molecule has 0 spiro atoms. The molecule has 5 heteroatoms. The first-order chi connectivity index (χ1) is 10.8. The number of aromatic hydroxyl groups is 1. The standard InChI is InChI=1S/C19H24N2O.2ClH/c1-2-3-8-18(21-13-11-20-12-14-21)16-9-10-19(22)17-7-5-4-6-15(16)17;;/h2,4-7,9-10,18,20,22H,1,3,8,11-14H2;2*1H/t18-;;/m0../s1. The average molecular weight is 369 g/mol. The van der Waals surface area contributed by atoms with Gasteiger partial charge in [-0.3, -0.25) is 4.90 Å². The number of hydrogen-bond acceptors (Lipinski definition) is 3. The summed E-state index contributed by atoms with van der Waals surface area (Å²) in [7, 11) is 0. The first-order valence-electron chi connectivity index (χ1n) is 8.07. The summed E-state index contributed by atoms with van der Waals surface area (Å²) in [6.07, 6.45) is 4.07. The molecular formula is C19H26Cl2N2O. The van der Waals surface area contributed by atoms with Gasteiger partial charge in [0.2, 0.25) is 0 Å². The Balaban J connectivity index is 0.00000144. The Morgan fingerprint density at radius 2 is 1.75 bits per heavy atom. The van der Waals surface area contributed by atoms with Gasteiger partial charge in [0, 0.05) is 37.6 Å². The van der Waals surface area contributed by atoms with E-state index < -0.39 is 0 Å². The van der Waals surface area contributed by atoms with Crippen molar-refractivity contribution in [2.24, 2.45) is 0 Å². The van der Waals surface area contributed by atoms with Crippen LogP contribution >= 0.6 is 24.8 Å². The van der Waals surface area contributed by atoms with Crippen molar-refractivity contribution in [3.63, 3.8) is 0 Å². The maximum atomic E-state index is 10.1. The van der Waals surface area contributed by atoms with Crippen LogP contribution in [0.15, 0.2) is 49.1 Å². The number of nitrogens with zero attached hydrogens (tertiary/aromatic N) is 1. The van der Waals surface area contributed by atoms with Gasteiger partial charge in [-0.1, -0.05) is 36.4 Å². The van der Waals surface area contributed by atoms with Crippen LogP contribution in [-0.4, -0.2) is 36.2 Å². The van der Waals surface area contributed by atoms with Crippen LogP contribution in [0.4, 0.5) is 0 Å². The number of rotatable bonds is 5. The van der Waals surface area contributed by atoms with Gasteiger partial charge in [0.25, 0.3) is 0 Å². The molecule has 24 heavy (non-hydrogen) atoms. The van der Waals surface area contributed by atoms with Crippen LogP contribution in [-0.2, 0) is 0 Å². The van der Waals surface area contributed by atoms with E-state index in [9.17, 15) is 5.11 Å². The fourth-order valence-electron chi connectivity index (χ4n) is 3.40. The minimum atomic E-state index is 0. The average Bonchev–Trinajstić information content (AvgIpc) is 2.58. The molecule has 1 heterocycles. The summed E-state index contributed by atoms with van der Waals surface area (Å²) in [6.45, 7) is 8.09. The highest BCUT2D eigenvalue weighted by Crippen LogP contribution is 2.35. The number of benzene rings is 2. The van der Waals surface area contributed by atoms with E-state index >= 15 is 0 Å². The quantitative estimate of drug-likeness (QED) is 0.772. The fraction of sp³-hybridized carbons (Fsp3) is 0.368. The first kappa shape index (κ1) is 20.8. The summed E-state index contributed by atoms with van der Waals surface area (Å²) in [5.74, 6) is 0.363. The van der Waals surface area contributed by atoms with Gasteiger partial charge in [0.15, 0.2) is 0 Å². The Kier molecular flexibility index (Phi) is 8.57. The van der Waals surface area contributed by atoms with Crippen LogP contribution in [0.25, 0.3) is 10.8 Å². The zero-order valence-electron chi connectivity index (χ0n) is 13.8. The second-order valence-electron chi connectivity index (χ2n) is 5.89. The molecule has 3 rings (SSSR count). The molecule has 2 aromatic carbocycles. The molecule has 0 amide bonds. The molecule has 0 unspecified atom stereocenters. The molecule has 1 saturated heterocycles. The van der Waals surface area contributed by atoms with E-state index in [2.05, 4.69) is 28.9 Å². The van der Waals surface area contributed by atoms with Crippen LogP contribution in [0.5, 0.6) is 5.75 Å². The number of phenolic OH excluding ortho intramolecular Hbond substituents is 1. The number of halogens is 2. The molecule has 0 bridgehead atoms. The summed E-state index contributed by atoms with van der Waals surface area (Å²) in [5, 5.41) is 15.7. The lowest BCUT2D eigenvalue weighted by Gasteiger charge is -2.35. The van der Waals surface area contributed by atoms with Gasteiger partial charge >= 0.3 is 0 Å². The number of piperazine rings is 1. The van der Waals surface area contributed by atoms with Crippen molar-refractivity contribution in [2.45, 2.75) is 18.9 Å². The van der Waals surface area contributed by atoms with E-state index in [0.29, 0.717) is 11.8 Å². The molecule has 0 aromatic heterocycles. The summed E-state index contributed by atoms with van der Waals surface area (Å²) >= 11 is 0. The minimum Gasteiger partial charge on any atom is -0.507 e. The zero-order valence-corrected chi connectivity index (χ0v) is 15.4. The maximum Gasteiger partial charge on any atom is 0.123 e. The highest BCUT2D eigenvalue weighted by Gasteiger charge is 2.23. The molecule has 1 aliphatic rings. The van der Waals surface area contributed by atoms with Gasteiger partial charge in [-0.15, -0.1) is 31.4 Å². The zero-order chi connectivity index (χ0) is 15.4. The van der Waals surface area contributed by atoms with E-state index in [0.717, 1.165) is 49.8 Å². The summed E-state index contributed by atoms with van der Waals surface area (Å²) in [4.78, 5) is 2.55. The van der Waals surface area contributed by atoms with E-state index in [1.54, 1.807) is 0 Å². The van der Waals surface area contributed by atoms with Crippen LogP contribution in [0.1, 0.15) is 24.4 Å². The fourth-order valence-corrected chi connectivity index (χ4v) is 3.40. The smallest absolute Gasteiger partial charge is 0.123 e. The Morgan fingerprint density at radius 3 is 2.42 bits per heavy atom. The monoisotopic (exact) mass is 368 g/mol. The predicted octanol–water partition coefficient (Wildman–Crippen LogP) is 4.30. The summed E-state index contributed by atoms with van der Waals surface area (Å²) in [5.41, 5.74) is 1.32. The van der Waals surface area contributed by atoms with Gasteiger partial charge < -0.3 is 10.4 Å².